The molecule has 6 rings (SSSR count). The standard InChI is InChI=1S/C25H27N3O6S/c1-12-16(22(25(31)32)27-21(12)19(13(2)29)24(27)30)9-26-18-7-5-6-14-8-15-10-28(3,4)11-17(15)23(20(14)18)35(26,33)34/h5-8,12-13,19,21,29H,9-11H2,1-4H3/t12-,13+,19+,21+/m0/s1. The molecule has 1 fully saturated rings. The fourth-order valence-electron chi connectivity index (χ4n) is 6.66. The molecule has 4 atom stereocenters. The third-order valence-corrected chi connectivity index (χ3v) is 9.99. The first kappa shape index (κ1) is 22.5. The number of carbonyl (C=O) groups is 2. The summed E-state index contributed by atoms with van der Waals surface area (Å²) in [5, 5.41) is 23.7. The Morgan fingerprint density at radius 1 is 1.29 bits per heavy atom. The number of carboxylic acid groups (broad SMARTS) is 1. The molecule has 9 nitrogen and oxygen atoms in total. The second-order valence-electron chi connectivity index (χ2n) is 10.9. The molecule has 0 unspecified atom stereocenters. The van der Waals surface area contributed by atoms with Gasteiger partial charge in [-0.25, -0.2) is 8.42 Å². The Hall–Kier alpha value is -2.95. The number of rotatable bonds is 4. The van der Waals surface area contributed by atoms with Gasteiger partial charge in [-0.2, -0.15) is 0 Å². The second kappa shape index (κ2) is 6.83. The van der Waals surface area contributed by atoms with Crippen LogP contribution in [0.5, 0.6) is 0 Å². The molecule has 4 aliphatic heterocycles. The van der Waals surface area contributed by atoms with Crippen molar-refractivity contribution < 1.29 is 32.7 Å². The number of sulfonamides is 1. The van der Waals surface area contributed by atoms with Gasteiger partial charge in [0, 0.05) is 22.4 Å². The Bertz CT molecular complexity index is 1490. The lowest BCUT2D eigenvalue weighted by atomic mass is 9.78. The maximum absolute atomic E-state index is 14.0. The van der Waals surface area contributed by atoms with Gasteiger partial charge in [-0.1, -0.05) is 19.1 Å². The quantitative estimate of drug-likeness (QED) is 0.480. The van der Waals surface area contributed by atoms with Gasteiger partial charge in [0.1, 0.15) is 18.0 Å². The minimum Gasteiger partial charge on any atom is -0.543 e. The third-order valence-electron chi connectivity index (χ3n) is 8.12. The largest absolute Gasteiger partial charge is 0.543 e. The topological polar surface area (TPSA) is 118 Å². The highest BCUT2D eigenvalue weighted by molar-refractivity contribution is 7.93. The van der Waals surface area contributed by atoms with Gasteiger partial charge in [-0.15, -0.1) is 0 Å². The van der Waals surface area contributed by atoms with Crippen LogP contribution < -0.4 is 9.41 Å². The molecule has 4 aliphatic rings. The first-order valence-electron chi connectivity index (χ1n) is 11.7. The molecule has 2 aromatic carbocycles. The smallest absolute Gasteiger partial charge is 0.265 e. The van der Waals surface area contributed by atoms with Gasteiger partial charge in [-0.05, 0) is 30.0 Å². The minimum atomic E-state index is -3.97. The fourth-order valence-corrected chi connectivity index (χ4v) is 8.58. The number of β-lactam (4-membered cyclic amide) rings is 1. The highest BCUT2D eigenvalue weighted by Gasteiger charge is 2.59. The monoisotopic (exact) mass is 497 g/mol. The van der Waals surface area contributed by atoms with Crippen molar-refractivity contribution in [2.24, 2.45) is 11.8 Å². The SMILES string of the molecule is C[C@@H](O)[C@H]1C(=O)N2C(C(=O)[O-])=C(CN3c4cccc5cc6c(c(c45)S3(=O)=O)C[N+](C)(C)C6)[C@H](C)[C@H]12. The van der Waals surface area contributed by atoms with Crippen LogP contribution in [0, 0.1) is 11.8 Å². The fraction of sp³-hybridized carbons (Fsp3) is 0.440. The summed E-state index contributed by atoms with van der Waals surface area (Å²) in [6.07, 6.45) is -0.939. The molecule has 1 N–H and O–H groups in total. The number of amides is 1. The maximum Gasteiger partial charge on any atom is 0.265 e. The highest BCUT2D eigenvalue weighted by Crippen LogP contribution is 2.51. The van der Waals surface area contributed by atoms with Crippen LogP contribution in [0.25, 0.3) is 10.8 Å². The number of carboxylic acids is 1. The van der Waals surface area contributed by atoms with E-state index in [1.807, 2.05) is 12.1 Å². The summed E-state index contributed by atoms with van der Waals surface area (Å²) in [6, 6.07) is 6.99. The zero-order valence-electron chi connectivity index (χ0n) is 20.0. The Kier molecular flexibility index (Phi) is 4.40. The summed E-state index contributed by atoms with van der Waals surface area (Å²) in [6.45, 7) is 4.41. The normalized spacial score (nSPS) is 28.4. The molecule has 1 amide bonds. The Morgan fingerprint density at radius 3 is 2.66 bits per heavy atom. The molecule has 0 radical (unpaired) electrons. The van der Waals surface area contributed by atoms with Crippen molar-refractivity contribution >= 4 is 38.4 Å². The van der Waals surface area contributed by atoms with Gasteiger partial charge in [0.05, 0.1) is 56.1 Å². The lowest BCUT2D eigenvalue weighted by molar-refractivity contribution is -0.910. The third kappa shape index (κ3) is 2.78. The Balaban J connectivity index is 1.49. The summed E-state index contributed by atoms with van der Waals surface area (Å²) >= 11 is 0. The van der Waals surface area contributed by atoms with Crippen molar-refractivity contribution in [1.29, 1.82) is 0 Å². The Labute approximate surface area is 203 Å². The van der Waals surface area contributed by atoms with E-state index in [1.54, 1.807) is 13.0 Å². The summed E-state index contributed by atoms with van der Waals surface area (Å²) in [5.74, 6) is -3.16. The van der Waals surface area contributed by atoms with Crippen LogP contribution in [-0.2, 0) is 32.7 Å². The predicted octanol–water partition coefficient (Wildman–Crippen LogP) is 0.300. The average molecular weight is 498 g/mol. The van der Waals surface area contributed by atoms with Crippen molar-refractivity contribution in [3.8, 4) is 0 Å². The number of aliphatic hydroxyl groups is 1. The summed E-state index contributed by atoms with van der Waals surface area (Å²) in [7, 11) is 0.159. The van der Waals surface area contributed by atoms with E-state index in [0.717, 1.165) is 23.1 Å². The van der Waals surface area contributed by atoms with E-state index < -0.39 is 45.9 Å². The number of carbonyl (C=O) groups excluding carboxylic acids is 2. The lowest BCUT2D eigenvalue weighted by Gasteiger charge is -2.47. The van der Waals surface area contributed by atoms with Crippen LogP contribution in [0.15, 0.2) is 40.4 Å². The van der Waals surface area contributed by atoms with Crippen molar-refractivity contribution in [3.05, 3.63) is 46.7 Å². The van der Waals surface area contributed by atoms with Gasteiger partial charge in [0.15, 0.2) is 0 Å². The number of nitrogens with zero attached hydrogens (tertiary/aromatic N) is 3. The van der Waals surface area contributed by atoms with E-state index in [2.05, 4.69) is 20.2 Å². The lowest BCUT2D eigenvalue weighted by Crippen LogP contribution is -2.64. The maximum atomic E-state index is 14.0. The predicted molar refractivity (Wildman–Crippen MR) is 125 cm³/mol. The number of aliphatic hydroxyl groups excluding tert-OH is 1. The van der Waals surface area contributed by atoms with E-state index in [-0.39, 0.29) is 12.2 Å². The number of anilines is 1. The zero-order valence-corrected chi connectivity index (χ0v) is 20.8. The number of benzene rings is 2. The van der Waals surface area contributed by atoms with E-state index in [1.165, 1.54) is 16.1 Å². The minimum absolute atomic E-state index is 0.194. The van der Waals surface area contributed by atoms with Crippen molar-refractivity contribution in [2.75, 3.05) is 24.9 Å². The van der Waals surface area contributed by atoms with Crippen LogP contribution in [0.4, 0.5) is 5.69 Å². The number of quaternary nitrogens is 1. The molecule has 0 saturated carbocycles. The molecular formula is C25H27N3O6S. The van der Waals surface area contributed by atoms with Crippen molar-refractivity contribution in [1.82, 2.24) is 4.90 Å². The van der Waals surface area contributed by atoms with Crippen LogP contribution >= 0.6 is 0 Å². The molecule has 0 aliphatic carbocycles. The zero-order chi connectivity index (χ0) is 25.2. The summed E-state index contributed by atoms with van der Waals surface area (Å²) < 4.78 is 30.0. The van der Waals surface area contributed by atoms with Crippen molar-refractivity contribution in [2.45, 2.75) is 44.0 Å². The van der Waals surface area contributed by atoms with E-state index >= 15 is 0 Å². The van der Waals surface area contributed by atoms with Gasteiger partial charge < -0.3 is 24.4 Å². The number of hydrogen-bond acceptors (Lipinski definition) is 6. The molecule has 2 aromatic rings. The average Bonchev–Trinajstić information content (AvgIpc) is 3.27. The first-order chi connectivity index (χ1) is 16.3. The number of hydrogen-bond donors (Lipinski definition) is 1. The first-order valence-corrected chi connectivity index (χ1v) is 13.2. The summed E-state index contributed by atoms with van der Waals surface area (Å²) in [5.41, 5.74) is 2.40. The molecule has 184 valence electrons. The highest BCUT2D eigenvalue weighted by atomic mass is 32.2. The molecule has 0 bridgehead atoms. The summed E-state index contributed by atoms with van der Waals surface area (Å²) in [4.78, 5) is 26.3. The van der Waals surface area contributed by atoms with Crippen LogP contribution in [-0.4, -0.2) is 67.6 Å². The van der Waals surface area contributed by atoms with Crippen LogP contribution in [0.3, 0.4) is 0 Å². The molecule has 4 heterocycles. The molecule has 1 saturated heterocycles. The van der Waals surface area contributed by atoms with Gasteiger partial charge in [-0.3, -0.25) is 9.10 Å². The van der Waals surface area contributed by atoms with Gasteiger partial charge in [0.25, 0.3) is 10.0 Å². The van der Waals surface area contributed by atoms with Gasteiger partial charge >= 0.3 is 0 Å². The van der Waals surface area contributed by atoms with E-state index in [9.17, 15) is 28.2 Å². The van der Waals surface area contributed by atoms with Crippen molar-refractivity contribution in [3.63, 3.8) is 0 Å². The second-order valence-corrected chi connectivity index (χ2v) is 12.7. The van der Waals surface area contributed by atoms with E-state index in [0.29, 0.717) is 32.6 Å². The van der Waals surface area contributed by atoms with E-state index in [4.69, 9.17) is 0 Å². The molecule has 35 heavy (non-hydrogen) atoms. The van der Waals surface area contributed by atoms with Crippen LogP contribution in [0.1, 0.15) is 25.0 Å². The Morgan fingerprint density at radius 2 is 2.00 bits per heavy atom. The molecule has 0 spiro atoms. The van der Waals surface area contributed by atoms with Crippen LogP contribution in [0.2, 0.25) is 0 Å². The molecular weight excluding hydrogens is 470 g/mol. The number of fused-ring (bicyclic) bond motifs is 3. The molecule has 10 heteroatoms. The molecule has 0 aromatic heterocycles. The van der Waals surface area contributed by atoms with Gasteiger partial charge in [0.2, 0.25) is 5.91 Å². The number of aliphatic carboxylic acids is 1.